The molecule has 0 saturated heterocycles. The summed E-state index contributed by atoms with van der Waals surface area (Å²) in [6.07, 6.45) is 1.14. The molecule has 0 aliphatic carbocycles. The largest absolute Gasteiger partial charge is 0.237 e. The Kier molecular flexibility index (Phi) is 3.11. The molecule has 0 aliphatic heterocycles. The van der Waals surface area contributed by atoms with Crippen molar-refractivity contribution < 1.29 is 8.42 Å². The van der Waals surface area contributed by atoms with Crippen LogP contribution >= 0.6 is 11.6 Å². The smallest absolute Gasteiger partial charge is 0.154 e. The minimum atomic E-state index is -3.11. The van der Waals surface area contributed by atoms with Crippen LogP contribution in [0.15, 0.2) is 0 Å². The van der Waals surface area contributed by atoms with Crippen molar-refractivity contribution >= 4 is 21.4 Å². The van der Waals surface area contributed by atoms with Gasteiger partial charge in [0, 0.05) is 17.5 Å². The number of halogens is 1. The van der Waals surface area contributed by atoms with Gasteiger partial charge in [-0.15, -0.1) is 0 Å². The summed E-state index contributed by atoms with van der Waals surface area (Å²) in [4.78, 5) is 7.94. The van der Waals surface area contributed by atoms with Gasteiger partial charge in [0.1, 0.15) is 16.7 Å². The molecule has 0 saturated carbocycles. The zero-order valence-corrected chi connectivity index (χ0v) is 9.78. The maximum absolute atomic E-state index is 11.0. The van der Waals surface area contributed by atoms with E-state index in [0.29, 0.717) is 10.8 Å². The molecular weight excluding hydrogens is 224 g/mol. The van der Waals surface area contributed by atoms with Crippen LogP contribution in [0.25, 0.3) is 0 Å². The summed E-state index contributed by atoms with van der Waals surface area (Å²) in [5.41, 5.74) is 1.49. The van der Waals surface area contributed by atoms with Crippen LogP contribution in [-0.2, 0) is 15.6 Å². The Hall–Kier alpha value is -0.680. The predicted octanol–water partition coefficient (Wildman–Crippen LogP) is 1.29. The summed E-state index contributed by atoms with van der Waals surface area (Å²) >= 11 is 5.80. The summed E-state index contributed by atoms with van der Waals surface area (Å²) in [5, 5.41) is 0.316. The van der Waals surface area contributed by atoms with Gasteiger partial charge in [0.05, 0.1) is 0 Å². The molecule has 0 bridgehead atoms. The predicted molar refractivity (Wildman–Crippen MR) is 55.1 cm³/mol. The quantitative estimate of drug-likeness (QED) is 0.724. The fourth-order valence-corrected chi connectivity index (χ4v) is 1.78. The number of rotatable bonds is 2. The topological polar surface area (TPSA) is 59.9 Å². The van der Waals surface area contributed by atoms with Crippen LogP contribution in [0, 0.1) is 13.8 Å². The fourth-order valence-electron chi connectivity index (χ4n) is 0.948. The van der Waals surface area contributed by atoms with Crippen LogP contribution < -0.4 is 0 Å². The highest BCUT2D eigenvalue weighted by Crippen LogP contribution is 2.15. The van der Waals surface area contributed by atoms with Gasteiger partial charge in [0.25, 0.3) is 0 Å². The third-order valence-corrected chi connectivity index (χ3v) is 2.92. The molecule has 0 spiro atoms. The number of nitrogens with zero attached hydrogens (tertiary/aromatic N) is 2. The van der Waals surface area contributed by atoms with Gasteiger partial charge in [-0.25, -0.2) is 18.4 Å². The van der Waals surface area contributed by atoms with Gasteiger partial charge in [-0.1, -0.05) is 11.6 Å². The molecule has 14 heavy (non-hydrogen) atoms. The Balaban J connectivity index is 3.14. The van der Waals surface area contributed by atoms with Crippen LogP contribution in [0.2, 0.25) is 5.15 Å². The number of hydrogen-bond donors (Lipinski definition) is 0. The average Bonchev–Trinajstić information content (AvgIpc) is 1.96. The first-order valence-corrected chi connectivity index (χ1v) is 6.41. The van der Waals surface area contributed by atoms with Crippen LogP contribution in [-0.4, -0.2) is 24.6 Å². The second-order valence-corrected chi connectivity index (χ2v) is 5.71. The Bertz CT molecular complexity index is 433. The van der Waals surface area contributed by atoms with Gasteiger partial charge in [0.15, 0.2) is 9.84 Å². The number of aryl methyl sites for hydroxylation is 1. The molecule has 0 radical (unpaired) electrons. The average molecular weight is 235 g/mol. The Labute approximate surface area is 88.3 Å². The normalized spacial score (nSPS) is 11.7. The zero-order valence-electron chi connectivity index (χ0n) is 8.20. The molecule has 4 nitrogen and oxygen atoms in total. The highest BCUT2D eigenvalue weighted by Gasteiger charge is 2.10. The van der Waals surface area contributed by atoms with Crippen LogP contribution in [0.1, 0.15) is 17.1 Å². The van der Waals surface area contributed by atoms with Crippen molar-refractivity contribution in [2.75, 3.05) is 6.26 Å². The van der Waals surface area contributed by atoms with E-state index in [9.17, 15) is 8.42 Å². The Morgan fingerprint density at radius 2 is 1.86 bits per heavy atom. The maximum Gasteiger partial charge on any atom is 0.154 e. The minimum absolute atomic E-state index is 0.173. The molecule has 0 aromatic carbocycles. The molecule has 1 aromatic heterocycles. The van der Waals surface area contributed by atoms with Crippen molar-refractivity contribution in [3.05, 3.63) is 22.2 Å². The van der Waals surface area contributed by atoms with Gasteiger partial charge >= 0.3 is 0 Å². The lowest BCUT2D eigenvalue weighted by Crippen LogP contribution is -2.07. The third-order valence-electron chi connectivity index (χ3n) is 1.77. The third kappa shape index (κ3) is 2.92. The second-order valence-electron chi connectivity index (χ2n) is 3.21. The van der Waals surface area contributed by atoms with Gasteiger partial charge in [-0.05, 0) is 13.8 Å². The summed E-state index contributed by atoms with van der Waals surface area (Å²) in [6, 6.07) is 0. The van der Waals surface area contributed by atoms with Gasteiger partial charge in [0.2, 0.25) is 0 Å². The second kappa shape index (κ2) is 3.82. The highest BCUT2D eigenvalue weighted by atomic mass is 35.5. The molecule has 0 amide bonds. The Morgan fingerprint density at radius 1 is 1.29 bits per heavy atom. The first-order chi connectivity index (χ1) is 6.29. The fraction of sp³-hybridized carbons (Fsp3) is 0.500. The number of sulfone groups is 1. The highest BCUT2D eigenvalue weighted by molar-refractivity contribution is 7.89. The van der Waals surface area contributed by atoms with Crippen LogP contribution in [0.3, 0.4) is 0 Å². The van der Waals surface area contributed by atoms with Gasteiger partial charge in [-0.3, -0.25) is 0 Å². The van der Waals surface area contributed by atoms with Crippen molar-refractivity contribution in [1.82, 2.24) is 9.97 Å². The van der Waals surface area contributed by atoms with Crippen molar-refractivity contribution in [3.8, 4) is 0 Å². The first kappa shape index (κ1) is 11.4. The summed E-state index contributed by atoms with van der Waals surface area (Å²) in [6.45, 7) is 3.57. The van der Waals surface area contributed by atoms with E-state index in [1.807, 2.05) is 0 Å². The molecule has 0 fully saturated rings. The molecule has 6 heteroatoms. The first-order valence-electron chi connectivity index (χ1n) is 3.97. The molecule has 1 heterocycles. The van der Waals surface area contributed by atoms with Crippen LogP contribution in [0.5, 0.6) is 0 Å². The van der Waals surface area contributed by atoms with E-state index in [0.717, 1.165) is 11.8 Å². The lowest BCUT2D eigenvalue weighted by molar-refractivity contribution is 0.599. The van der Waals surface area contributed by atoms with E-state index in [1.54, 1.807) is 13.8 Å². The maximum atomic E-state index is 11.0. The van der Waals surface area contributed by atoms with Crippen molar-refractivity contribution in [2.45, 2.75) is 19.6 Å². The van der Waals surface area contributed by atoms with Gasteiger partial charge < -0.3 is 0 Å². The Morgan fingerprint density at radius 3 is 2.29 bits per heavy atom. The van der Waals surface area contributed by atoms with Crippen LogP contribution in [0.4, 0.5) is 0 Å². The van der Waals surface area contributed by atoms with E-state index < -0.39 is 9.84 Å². The van der Waals surface area contributed by atoms with E-state index in [1.165, 1.54) is 0 Å². The molecule has 78 valence electrons. The summed E-state index contributed by atoms with van der Waals surface area (Å²) in [7, 11) is -3.11. The molecule has 0 unspecified atom stereocenters. The molecule has 0 aliphatic rings. The van der Waals surface area contributed by atoms with Gasteiger partial charge in [-0.2, -0.15) is 0 Å². The van der Waals surface area contributed by atoms with Crippen molar-refractivity contribution in [3.63, 3.8) is 0 Å². The molecule has 1 aromatic rings. The summed E-state index contributed by atoms with van der Waals surface area (Å²) in [5.74, 6) is 0.0778. The van der Waals surface area contributed by atoms with E-state index in [4.69, 9.17) is 11.6 Å². The van der Waals surface area contributed by atoms with Crippen molar-refractivity contribution in [2.24, 2.45) is 0 Å². The monoisotopic (exact) mass is 234 g/mol. The summed E-state index contributed by atoms with van der Waals surface area (Å²) < 4.78 is 22.0. The molecule has 1 rings (SSSR count). The number of aromatic nitrogens is 2. The van der Waals surface area contributed by atoms with E-state index in [2.05, 4.69) is 9.97 Å². The molecule has 0 atom stereocenters. The van der Waals surface area contributed by atoms with Crippen molar-refractivity contribution in [1.29, 1.82) is 0 Å². The molecule has 0 N–H and O–H groups in total. The SMILES string of the molecule is Cc1nc(CS(C)(=O)=O)nc(Cl)c1C. The zero-order chi connectivity index (χ0) is 10.9. The lowest BCUT2D eigenvalue weighted by Gasteiger charge is -2.04. The minimum Gasteiger partial charge on any atom is -0.237 e. The lowest BCUT2D eigenvalue weighted by atomic mass is 10.3. The standard InChI is InChI=1S/C8H11ClN2O2S/c1-5-6(2)10-7(11-8(5)9)4-14(3,12)13/h4H2,1-3H3. The number of hydrogen-bond acceptors (Lipinski definition) is 4. The molecular formula is C8H11ClN2O2S. The van der Waals surface area contributed by atoms with E-state index >= 15 is 0 Å². The van der Waals surface area contributed by atoms with E-state index in [-0.39, 0.29) is 11.6 Å².